The smallest absolute Gasteiger partial charge is 0.545 e. The first kappa shape index (κ1) is 15.3. The first-order valence-corrected chi connectivity index (χ1v) is 4.92. The van der Waals surface area contributed by atoms with Gasteiger partial charge in [0, 0.05) is 0 Å². The van der Waals surface area contributed by atoms with E-state index < -0.39 is 5.97 Å². The minimum Gasteiger partial charge on any atom is -0.545 e. The van der Waals surface area contributed by atoms with E-state index in [0.29, 0.717) is 11.1 Å². The van der Waals surface area contributed by atoms with Crippen molar-refractivity contribution >= 4 is 29.3 Å². The molecule has 16 heavy (non-hydrogen) atoms. The third-order valence-electron chi connectivity index (χ3n) is 1.65. The molecule has 1 aromatic heterocycles. The third-order valence-corrected chi connectivity index (χ3v) is 1.84. The van der Waals surface area contributed by atoms with E-state index in [1.165, 1.54) is 18.2 Å². The van der Waals surface area contributed by atoms with Gasteiger partial charge in [-0.2, -0.15) is 0 Å². The molecule has 0 aliphatic heterocycles. The average molecular weight is 425 g/mol. The van der Waals surface area contributed by atoms with Gasteiger partial charge in [0.15, 0.2) is 5.58 Å². The minimum atomic E-state index is -1.22. The Bertz CT molecular complexity index is 532. The predicted molar refractivity (Wildman–Crippen MR) is 57.1 cm³/mol. The van der Waals surface area contributed by atoms with Crippen molar-refractivity contribution in [2.75, 3.05) is 0 Å². The van der Waals surface area contributed by atoms with E-state index in [9.17, 15) is 9.90 Å². The van der Waals surface area contributed by atoms with E-state index in [-0.39, 0.29) is 38.1 Å². The van der Waals surface area contributed by atoms with E-state index in [1.807, 2.05) is 13.8 Å². The number of fused-ring (bicyclic) bond motifs is 1. The monoisotopic (exact) mass is 426 g/mol. The Hall–Kier alpha value is -0.685. The Kier molecular flexibility index (Phi) is 6.51. The maximum absolute atomic E-state index is 10.5. The number of aromatic nitrogens is 1. The van der Waals surface area contributed by atoms with Crippen molar-refractivity contribution in [2.24, 2.45) is 0 Å². The standard InChI is InChI=1S/C8H5NO3S.C2H6.Hg/c10-7(11)4-1-2-6-5(3-4)9-8(13)12-6;1-2;/h1-3H,(H,9,13)(H,10,11);1-2H3;/q;;+1/p-1. The van der Waals surface area contributed by atoms with Crippen molar-refractivity contribution in [1.82, 2.24) is 4.98 Å². The van der Waals surface area contributed by atoms with Gasteiger partial charge in [-0.15, -0.1) is 0 Å². The van der Waals surface area contributed by atoms with E-state index in [2.05, 4.69) is 4.98 Å². The maximum Gasteiger partial charge on any atom is 1.00 e. The topological polar surface area (TPSA) is 69.1 Å². The molecule has 81 valence electrons. The molecule has 2 rings (SSSR count). The molecule has 0 atom stereocenters. The molecule has 0 bridgehead atoms. The van der Waals surface area contributed by atoms with Gasteiger partial charge in [-0.25, -0.2) is 0 Å². The number of aromatic carboxylic acids is 1. The van der Waals surface area contributed by atoms with Crippen molar-refractivity contribution < 1.29 is 42.0 Å². The Morgan fingerprint density at radius 2 is 2.06 bits per heavy atom. The molecule has 0 unspecified atom stereocenters. The molecule has 1 heterocycles. The molecule has 4 nitrogen and oxygen atoms in total. The summed E-state index contributed by atoms with van der Waals surface area (Å²) in [6, 6.07) is 4.36. The van der Waals surface area contributed by atoms with Crippen molar-refractivity contribution in [2.45, 2.75) is 13.8 Å². The molecule has 0 spiro atoms. The summed E-state index contributed by atoms with van der Waals surface area (Å²) in [7, 11) is 0. The number of carbonyl (C=O) groups is 1. The number of benzene rings is 1. The van der Waals surface area contributed by atoms with Crippen LogP contribution in [0.5, 0.6) is 0 Å². The number of hydrogen-bond acceptors (Lipinski definition) is 4. The van der Waals surface area contributed by atoms with Gasteiger partial charge in [0.2, 0.25) is 0 Å². The first-order chi connectivity index (χ1) is 7.16. The Morgan fingerprint density at radius 3 is 2.62 bits per heavy atom. The number of aromatic amines is 1. The maximum atomic E-state index is 10.5. The molecule has 0 saturated carbocycles. The number of H-pyrrole nitrogens is 1. The second-order valence-corrected chi connectivity index (χ2v) is 2.88. The summed E-state index contributed by atoms with van der Waals surface area (Å²) in [5.41, 5.74) is 1.20. The van der Waals surface area contributed by atoms with Gasteiger partial charge in [-0.3, -0.25) is 0 Å². The van der Waals surface area contributed by atoms with Gasteiger partial charge in [-0.1, -0.05) is 13.8 Å². The van der Waals surface area contributed by atoms with Crippen molar-refractivity contribution in [3.05, 3.63) is 28.6 Å². The number of hydrogen-bond donors (Lipinski definition) is 1. The Morgan fingerprint density at radius 1 is 1.44 bits per heavy atom. The molecule has 0 aliphatic rings. The summed E-state index contributed by atoms with van der Waals surface area (Å²) in [6.07, 6.45) is 0. The SMILES string of the molecule is CC.O=C([O-])c1ccc2oc(=S)[nH]c2c1.[Hg+]. The zero-order valence-corrected chi connectivity index (χ0v) is 15.4. The Balaban J connectivity index is 0.000000711. The van der Waals surface area contributed by atoms with Crippen LogP contribution in [0.4, 0.5) is 0 Å². The molecular formula is C10H10HgNO3S. The number of carboxylic acids is 1. The van der Waals surface area contributed by atoms with Crippen molar-refractivity contribution in [3.63, 3.8) is 0 Å². The summed E-state index contributed by atoms with van der Waals surface area (Å²) < 4.78 is 5.05. The largest absolute Gasteiger partial charge is 1.00 e. The molecule has 2 aromatic rings. The minimum absolute atomic E-state index is 0. The average Bonchev–Trinajstić information content (AvgIpc) is 2.59. The molecular weight excluding hydrogens is 415 g/mol. The summed E-state index contributed by atoms with van der Waals surface area (Å²) in [4.78, 5) is 13.4. The summed E-state index contributed by atoms with van der Waals surface area (Å²) in [5, 5.41) is 10.5. The van der Waals surface area contributed by atoms with Gasteiger partial charge in [0.05, 0.1) is 11.5 Å². The molecule has 0 amide bonds. The van der Waals surface area contributed by atoms with E-state index in [0.717, 1.165) is 0 Å². The fourth-order valence-corrected chi connectivity index (χ4v) is 1.28. The fourth-order valence-electron chi connectivity index (χ4n) is 1.08. The molecule has 1 aromatic carbocycles. The van der Waals surface area contributed by atoms with Crippen LogP contribution in [0, 0.1) is 4.84 Å². The van der Waals surface area contributed by atoms with Crippen LogP contribution < -0.4 is 5.11 Å². The number of carboxylic acid groups (broad SMARTS) is 1. The van der Waals surface area contributed by atoms with Crippen LogP contribution in [0.2, 0.25) is 0 Å². The number of carbonyl (C=O) groups excluding carboxylic acids is 1. The van der Waals surface area contributed by atoms with Crippen LogP contribution in [0.3, 0.4) is 0 Å². The van der Waals surface area contributed by atoms with Gasteiger partial charge in [-0.05, 0) is 36.0 Å². The van der Waals surface area contributed by atoms with Crippen LogP contribution >= 0.6 is 12.2 Å². The second-order valence-electron chi connectivity index (χ2n) is 2.51. The molecule has 1 radical (unpaired) electrons. The summed E-state index contributed by atoms with van der Waals surface area (Å²) in [5.74, 6) is -1.22. The predicted octanol–water partition coefficient (Wildman–Crippen LogP) is 1.88. The zero-order valence-electron chi connectivity index (χ0n) is 9.07. The summed E-state index contributed by atoms with van der Waals surface area (Å²) in [6.45, 7) is 4.00. The summed E-state index contributed by atoms with van der Waals surface area (Å²) >= 11 is 4.74. The number of nitrogens with one attached hydrogen (secondary N) is 1. The van der Waals surface area contributed by atoms with Crippen LogP contribution in [-0.4, -0.2) is 11.0 Å². The van der Waals surface area contributed by atoms with E-state index in [1.54, 1.807) is 0 Å². The second kappa shape index (κ2) is 6.80. The van der Waals surface area contributed by atoms with Crippen LogP contribution in [-0.2, 0) is 27.7 Å². The van der Waals surface area contributed by atoms with Crippen molar-refractivity contribution in [1.29, 1.82) is 0 Å². The fraction of sp³-hybridized carbons (Fsp3) is 0.200. The van der Waals surface area contributed by atoms with Gasteiger partial charge in [0.25, 0.3) is 4.84 Å². The molecule has 0 fully saturated rings. The molecule has 1 N–H and O–H groups in total. The first-order valence-electron chi connectivity index (χ1n) is 4.51. The molecule has 0 aliphatic carbocycles. The number of oxazole rings is 1. The van der Waals surface area contributed by atoms with E-state index in [4.69, 9.17) is 16.6 Å². The third kappa shape index (κ3) is 3.42. The normalized spacial score (nSPS) is 8.88. The molecule has 0 saturated heterocycles. The van der Waals surface area contributed by atoms with E-state index >= 15 is 0 Å². The van der Waals surface area contributed by atoms with Crippen molar-refractivity contribution in [3.8, 4) is 0 Å². The van der Waals surface area contributed by atoms with Crippen LogP contribution in [0.1, 0.15) is 24.2 Å². The van der Waals surface area contributed by atoms with Gasteiger partial charge < -0.3 is 19.3 Å². The number of rotatable bonds is 1. The Labute approximate surface area is 118 Å². The molecule has 6 heteroatoms. The van der Waals surface area contributed by atoms with Crippen LogP contribution in [0.15, 0.2) is 22.6 Å². The van der Waals surface area contributed by atoms with Gasteiger partial charge >= 0.3 is 27.7 Å². The van der Waals surface area contributed by atoms with Gasteiger partial charge in [0.1, 0.15) is 0 Å². The quantitative estimate of drug-likeness (QED) is 0.560. The zero-order chi connectivity index (χ0) is 11.4. The van der Waals surface area contributed by atoms with Crippen LogP contribution in [0.25, 0.3) is 11.1 Å².